The second-order valence-electron chi connectivity index (χ2n) is 6.83. The molecular formula is C15H26N2O4S. The quantitative estimate of drug-likeness (QED) is 0.769. The molecule has 1 amide bonds. The maximum absolute atomic E-state index is 12.5. The van der Waals surface area contributed by atoms with E-state index in [1.54, 1.807) is 0 Å². The Morgan fingerprint density at radius 3 is 2.59 bits per heavy atom. The van der Waals surface area contributed by atoms with Crippen molar-refractivity contribution < 1.29 is 17.9 Å². The first kappa shape index (κ1) is 16.2. The predicted molar refractivity (Wildman–Crippen MR) is 82.8 cm³/mol. The van der Waals surface area contributed by atoms with Crippen molar-refractivity contribution in [2.24, 2.45) is 5.92 Å². The van der Waals surface area contributed by atoms with Crippen molar-refractivity contribution >= 4 is 15.9 Å². The van der Waals surface area contributed by atoms with E-state index in [1.807, 2.05) is 4.90 Å². The van der Waals surface area contributed by atoms with Crippen LogP contribution in [0.3, 0.4) is 0 Å². The zero-order valence-electron chi connectivity index (χ0n) is 13.2. The summed E-state index contributed by atoms with van der Waals surface area (Å²) in [7, 11) is -3.25. The van der Waals surface area contributed by atoms with Gasteiger partial charge in [0.25, 0.3) is 0 Å². The zero-order chi connectivity index (χ0) is 15.7. The molecule has 0 bridgehead atoms. The number of piperidine rings is 1. The zero-order valence-corrected chi connectivity index (χ0v) is 14.1. The molecule has 2 aliphatic heterocycles. The number of carbonyl (C=O) groups excluding carboxylic acids is 1. The molecule has 2 atom stereocenters. The van der Waals surface area contributed by atoms with Crippen molar-refractivity contribution in [2.45, 2.75) is 50.7 Å². The van der Waals surface area contributed by atoms with Gasteiger partial charge in [-0.05, 0) is 25.2 Å². The van der Waals surface area contributed by atoms with Crippen LogP contribution in [0, 0.1) is 5.92 Å². The SMILES string of the molecule is CS(=O)(=O)N1CCO[C@@H]2CCN(C(=O)CC3CCCC3)C[C@H]21. The Balaban J connectivity index is 1.65. The van der Waals surface area contributed by atoms with Gasteiger partial charge in [0.05, 0.1) is 25.0 Å². The van der Waals surface area contributed by atoms with Crippen LogP contribution in [0.2, 0.25) is 0 Å². The standard InChI is InChI=1S/C15H26N2O4S/c1-22(19,20)17-8-9-21-14-6-7-16(11-13(14)17)15(18)10-12-4-2-3-5-12/h12-14H,2-11H2,1H3/t13-,14-/m1/s1. The summed E-state index contributed by atoms with van der Waals surface area (Å²) in [6, 6.07) is -0.218. The molecule has 2 saturated heterocycles. The molecule has 126 valence electrons. The molecule has 0 aromatic heterocycles. The number of hydrogen-bond acceptors (Lipinski definition) is 4. The first-order chi connectivity index (χ1) is 10.4. The Hall–Kier alpha value is -0.660. The van der Waals surface area contributed by atoms with Crippen LogP contribution in [0.1, 0.15) is 38.5 Å². The van der Waals surface area contributed by atoms with Crippen LogP contribution in [0.4, 0.5) is 0 Å². The van der Waals surface area contributed by atoms with Crippen LogP contribution >= 0.6 is 0 Å². The molecule has 3 aliphatic rings. The normalized spacial score (nSPS) is 31.2. The summed E-state index contributed by atoms with van der Waals surface area (Å²) in [5, 5.41) is 0. The fourth-order valence-electron chi connectivity index (χ4n) is 4.07. The highest BCUT2D eigenvalue weighted by atomic mass is 32.2. The molecule has 0 aromatic carbocycles. The van der Waals surface area contributed by atoms with Crippen LogP contribution in [-0.4, -0.2) is 68.2 Å². The van der Waals surface area contributed by atoms with Gasteiger partial charge in [0, 0.05) is 26.1 Å². The van der Waals surface area contributed by atoms with E-state index in [1.165, 1.54) is 23.4 Å². The number of ether oxygens (including phenoxy) is 1. The Morgan fingerprint density at radius 2 is 1.91 bits per heavy atom. The Kier molecular flexibility index (Phi) is 4.75. The van der Waals surface area contributed by atoms with Crippen molar-refractivity contribution in [2.75, 3.05) is 32.5 Å². The number of carbonyl (C=O) groups is 1. The number of fused-ring (bicyclic) bond motifs is 1. The van der Waals surface area contributed by atoms with E-state index in [4.69, 9.17) is 4.74 Å². The van der Waals surface area contributed by atoms with E-state index in [0.717, 1.165) is 19.3 Å². The molecule has 7 heteroatoms. The van der Waals surface area contributed by atoms with Crippen molar-refractivity contribution in [1.29, 1.82) is 0 Å². The molecule has 3 rings (SSSR count). The Bertz CT molecular complexity index is 516. The van der Waals surface area contributed by atoms with Gasteiger partial charge in [0.2, 0.25) is 15.9 Å². The first-order valence-corrected chi connectivity index (χ1v) is 10.2. The summed E-state index contributed by atoms with van der Waals surface area (Å²) < 4.78 is 31.2. The number of rotatable bonds is 3. The van der Waals surface area contributed by atoms with Gasteiger partial charge in [0.15, 0.2) is 0 Å². The number of sulfonamides is 1. The molecule has 0 spiro atoms. The van der Waals surface area contributed by atoms with Gasteiger partial charge in [-0.15, -0.1) is 0 Å². The maximum atomic E-state index is 12.5. The minimum absolute atomic E-state index is 0.0704. The number of nitrogens with zero attached hydrogens (tertiary/aromatic N) is 2. The van der Waals surface area contributed by atoms with E-state index in [0.29, 0.717) is 38.6 Å². The number of likely N-dealkylation sites (tertiary alicyclic amines) is 1. The molecule has 22 heavy (non-hydrogen) atoms. The minimum Gasteiger partial charge on any atom is -0.375 e. The minimum atomic E-state index is -3.25. The van der Waals surface area contributed by atoms with Crippen LogP contribution in [0.15, 0.2) is 0 Å². The number of morpholine rings is 1. The summed E-state index contributed by atoms with van der Waals surface area (Å²) >= 11 is 0. The summed E-state index contributed by atoms with van der Waals surface area (Å²) in [6.45, 7) is 2.00. The topological polar surface area (TPSA) is 66.9 Å². The molecule has 0 radical (unpaired) electrons. The smallest absolute Gasteiger partial charge is 0.222 e. The largest absolute Gasteiger partial charge is 0.375 e. The molecule has 0 unspecified atom stereocenters. The second kappa shape index (κ2) is 6.45. The van der Waals surface area contributed by atoms with Gasteiger partial charge in [-0.25, -0.2) is 8.42 Å². The average Bonchev–Trinajstić information content (AvgIpc) is 2.98. The van der Waals surface area contributed by atoms with Crippen molar-refractivity contribution in [3.8, 4) is 0 Å². The molecule has 6 nitrogen and oxygen atoms in total. The van der Waals surface area contributed by atoms with Gasteiger partial charge in [-0.2, -0.15) is 4.31 Å². The lowest BCUT2D eigenvalue weighted by atomic mass is 9.98. The highest BCUT2D eigenvalue weighted by Gasteiger charge is 2.42. The predicted octanol–water partition coefficient (Wildman–Crippen LogP) is 0.828. The molecule has 0 aromatic rings. The fourth-order valence-corrected chi connectivity index (χ4v) is 5.17. The van der Waals surface area contributed by atoms with E-state index in [9.17, 15) is 13.2 Å². The number of hydrogen-bond donors (Lipinski definition) is 0. The van der Waals surface area contributed by atoms with Crippen LogP contribution < -0.4 is 0 Å². The van der Waals surface area contributed by atoms with Gasteiger partial charge >= 0.3 is 0 Å². The highest BCUT2D eigenvalue weighted by Crippen LogP contribution is 2.30. The van der Waals surface area contributed by atoms with E-state index in [2.05, 4.69) is 0 Å². The van der Waals surface area contributed by atoms with Gasteiger partial charge in [-0.1, -0.05) is 12.8 Å². The Labute approximate surface area is 132 Å². The van der Waals surface area contributed by atoms with E-state index < -0.39 is 10.0 Å². The Morgan fingerprint density at radius 1 is 1.18 bits per heavy atom. The average molecular weight is 330 g/mol. The third-order valence-electron chi connectivity index (χ3n) is 5.25. The second-order valence-corrected chi connectivity index (χ2v) is 8.77. The van der Waals surface area contributed by atoms with Crippen LogP contribution in [0.5, 0.6) is 0 Å². The van der Waals surface area contributed by atoms with E-state index in [-0.39, 0.29) is 18.1 Å². The monoisotopic (exact) mass is 330 g/mol. The van der Waals surface area contributed by atoms with Crippen LogP contribution in [0.25, 0.3) is 0 Å². The lowest BCUT2D eigenvalue weighted by molar-refractivity contribution is -0.139. The molecular weight excluding hydrogens is 304 g/mol. The lowest BCUT2D eigenvalue weighted by Crippen LogP contribution is -2.61. The molecule has 0 N–H and O–H groups in total. The first-order valence-electron chi connectivity index (χ1n) is 8.31. The maximum Gasteiger partial charge on any atom is 0.222 e. The van der Waals surface area contributed by atoms with Crippen molar-refractivity contribution in [1.82, 2.24) is 9.21 Å². The summed E-state index contributed by atoms with van der Waals surface area (Å²) in [4.78, 5) is 14.4. The lowest BCUT2D eigenvalue weighted by Gasteiger charge is -2.46. The summed E-state index contributed by atoms with van der Waals surface area (Å²) in [5.41, 5.74) is 0. The van der Waals surface area contributed by atoms with Gasteiger partial charge in [-0.3, -0.25) is 4.79 Å². The third-order valence-corrected chi connectivity index (χ3v) is 6.56. The fraction of sp³-hybridized carbons (Fsp3) is 0.933. The molecule has 1 saturated carbocycles. The summed E-state index contributed by atoms with van der Waals surface area (Å²) in [5.74, 6) is 0.711. The molecule has 1 aliphatic carbocycles. The van der Waals surface area contributed by atoms with Crippen molar-refractivity contribution in [3.05, 3.63) is 0 Å². The van der Waals surface area contributed by atoms with Crippen molar-refractivity contribution in [3.63, 3.8) is 0 Å². The summed E-state index contributed by atoms with van der Waals surface area (Å²) in [6.07, 6.45) is 7.31. The molecule has 3 fully saturated rings. The van der Waals surface area contributed by atoms with Gasteiger partial charge < -0.3 is 9.64 Å². The van der Waals surface area contributed by atoms with E-state index >= 15 is 0 Å². The molecule has 2 heterocycles. The number of amides is 1. The highest BCUT2D eigenvalue weighted by molar-refractivity contribution is 7.88. The third kappa shape index (κ3) is 3.46. The van der Waals surface area contributed by atoms with Gasteiger partial charge in [0.1, 0.15) is 0 Å². The van der Waals surface area contributed by atoms with Crippen LogP contribution in [-0.2, 0) is 19.6 Å².